The number of hydrogen-bond donors (Lipinski definition) is 2. The zero-order valence-corrected chi connectivity index (χ0v) is 14.2. The second-order valence-corrected chi connectivity index (χ2v) is 7.05. The first-order valence-corrected chi connectivity index (χ1v) is 8.70. The summed E-state index contributed by atoms with van der Waals surface area (Å²) >= 11 is 0. The molecule has 2 rings (SSSR count). The molecule has 2 aromatic rings. The Morgan fingerprint density at radius 3 is 2.52 bits per heavy atom. The third-order valence-corrected chi connectivity index (χ3v) is 5.07. The minimum absolute atomic E-state index is 0.152. The molecule has 0 saturated heterocycles. The number of furan rings is 1. The number of sulfonamides is 1. The highest BCUT2D eigenvalue weighted by atomic mass is 32.2. The van der Waals surface area contributed by atoms with E-state index in [2.05, 4.69) is 10.0 Å². The van der Waals surface area contributed by atoms with Crippen molar-refractivity contribution in [2.45, 2.75) is 31.6 Å². The topological polar surface area (TPSA) is 88.4 Å². The smallest absolute Gasteiger partial charge is 0.240 e. The van der Waals surface area contributed by atoms with Crippen molar-refractivity contribution in [3.63, 3.8) is 0 Å². The van der Waals surface area contributed by atoms with Crippen LogP contribution >= 0.6 is 0 Å². The number of carbonyl (C=O) groups excluding carboxylic acids is 1. The van der Waals surface area contributed by atoms with Crippen LogP contribution in [0.1, 0.15) is 23.5 Å². The van der Waals surface area contributed by atoms with E-state index in [1.807, 2.05) is 19.1 Å². The van der Waals surface area contributed by atoms with Crippen molar-refractivity contribution in [2.75, 3.05) is 12.4 Å². The van der Waals surface area contributed by atoms with Gasteiger partial charge < -0.3 is 9.73 Å². The number of anilines is 1. The molecule has 0 saturated carbocycles. The van der Waals surface area contributed by atoms with Crippen LogP contribution in [0.3, 0.4) is 0 Å². The lowest BCUT2D eigenvalue weighted by atomic mass is 10.2. The summed E-state index contributed by atoms with van der Waals surface area (Å²) in [5.74, 6) is 1.36. The van der Waals surface area contributed by atoms with Crippen LogP contribution < -0.4 is 10.0 Å². The molecule has 124 valence electrons. The van der Waals surface area contributed by atoms with Crippen molar-refractivity contribution in [1.29, 1.82) is 0 Å². The first-order valence-electron chi connectivity index (χ1n) is 7.22. The Bertz CT molecular complexity index is 809. The molecule has 0 unspecified atom stereocenters. The van der Waals surface area contributed by atoms with Gasteiger partial charge in [-0.1, -0.05) is 6.07 Å². The average Bonchev–Trinajstić information content (AvgIpc) is 2.93. The number of hydrogen-bond acceptors (Lipinski definition) is 4. The van der Waals surface area contributed by atoms with E-state index in [1.165, 1.54) is 13.1 Å². The van der Waals surface area contributed by atoms with Gasteiger partial charge in [-0.3, -0.25) is 4.79 Å². The minimum atomic E-state index is -3.56. The van der Waals surface area contributed by atoms with E-state index in [4.69, 9.17) is 4.42 Å². The molecule has 2 N–H and O–H groups in total. The fraction of sp³-hybridized carbons (Fsp3) is 0.312. The monoisotopic (exact) mass is 336 g/mol. The van der Waals surface area contributed by atoms with E-state index in [-0.39, 0.29) is 17.2 Å². The normalized spacial score (nSPS) is 11.4. The van der Waals surface area contributed by atoms with Crippen molar-refractivity contribution in [3.8, 4) is 0 Å². The third-order valence-electron chi connectivity index (χ3n) is 3.51. The molecule has 7 heteroatoms. The van der Waals surface area contributed by atoms with E-state index in [0.29, 0.717) is 17.7 Å². The minimum Gasteiger partial charge on any atom is -0.466 e. The SMILES string of the molecule is CNS(=O)(=O)c1cccc(NC(=O)CCc2ccc(C)o2)c1C. The van der Waals surface area contributed by atoms with Crippen LogP contribution in [-0.4, -0.2) is 21.4 Å². The lowest BCUT2D eigenvalue weighted by Crippen LogP contribution is -2.20. The quantitative estimate of drug-likeness (QED) is 0.847. The van der Waals surface area contributed by atoms with Gasteiger partial charge >= 0.3 is 0 Å². The predicted molar refractivity (Wildman–Crippen MR) is 87.8 cm³/mol. The number of amides is 1. The molecule has 6 nitrogen and oxygen atoms in total. The van der Waals surface area contributed by atoms with E-state index >= 15 is 0 Å². The van der Waals surface area contributed by atoms with Gasteiger partial charge in [0, 0.05) is 18.5 Å². The maximum absolute atomic E-state index is 12.1. The van der Waals surface area contributed by atoms with E-state index in [1.54, 1.807) is 19.1 Å². The van der Waals surface area contributed by atoms with Gasteiger partial charge in [0.1, 0.15) is 11.5 Å². The molecule has 0 radical (unpaired) electrons. The first kappa shape index (κ1) is 17.2. The van der Waals surface area contributed by atoms with Crippen LogP contribution in [0.4, 0.5) is 5.69 Å². The Hall–Kier alpha value is -2.12. The molecule has 0 spiro atoms. The fourth-order valence-electron chi connectivity index (χ4n) is 2.22. The van der Waals surface area contributed by atoms with Gasteiger partial charge in [-0.05, 0) is 50.7 Å². The Balaban J connectivity index is 2.08. The molecular weight excluding hydrogens is 316 g/mol. The number of benzene rings is 1. The van der Waals surface area contributed by atoms with Crippen molar-refractivity contribution in [2.24, 2.45) is 0 Å². The maximum Gasteiger partial charge on any atom is 0.240 e. The Kier molecular flexibility index (Phi) is 5.23. The molecule has 0 fully saturated rings. The molecule has 23 heavy (non-hydrogen) atoms. The molecular formula is C16H20N2O4S. The zero-order valence-electron chi connectivity index (χ0n) is 13.3. The Morgan fingerprint density at radius 1 is 1.17 bits per heavy atom. The summed E-state index contributed by atoms with van der Waals surface area (Å²) in [6.07, 6.45) is 0.753. The largest absolute Gasteiger partial charge is 0.466 e. The van der Waals surface area contributed by atoms with Crippen LogP contribution in [0.15, 0.2) is 39.6 Å². The van der Waals surface area contributed by atoms with Crippen LogP contribution in [0.2, 0.25) is 0 Å². The molecule has 0 aliphatic heterocycles. The van der Waals surface area contributed by atoms with Gasteiger partial charge in [0.2, 0.25) is 15.9 Å². The zero-order chi connectivity index (χ0) is 17.0. The molecule has 1 aromatic carbocycles. The van der Waals surface area contributed by atoms with Crippen molar-refractivity contribution < 1.29 is 17.6 Å². The van der Waals surface area contributed by atoms with E-state index in [0.717, 1.165) is 11.5 Å². The predicted octanol–water partition coefficient (Wildman–Crippen LogP) is 2.38. The number of rotatable bonds is 6. The molecule has 0 aliphatic rings. The highest BCUT2D eigenvalue weighted by Gasteiger charge is 2.17. The standard InChI is InChI=1S/C16H20N2O4S/c1-11-7-8-13(22-11)9-10-16(19)18-14-5-4-6-15(12(14)2)23(20,21)17-3/h4-8,17H,9-10H2,1-3H3,(H,18,19). The molecule has 1 amide bonds. The summed E-state index contributed by atoms with van der Waals surface area (Å²) in [6.45, 7) is 3.51. The maximum atomic E-state index is 12.1. The molecule has 1 heterocycles. The molecule has 1 aromatic heterocycles. The number of nitrogens with one attached hydrogen (secondary N) is 2. The summed E-state index contributed by atoms with van der Waals surface area (Å²) in [6, 6.07) is 8.47. The lowest BCUT2D eigenvalue weighted by molar-refractivity contribution is -0.116. The summed E-state index contributed by atoms with van der Waals surface area (Å²) in [5, 5.41) is 2.75. The fourth-order valence-corrected chi connectivity index (χ4v) is 3.21. The first-order chi connectivity index (χ1) is 10.8. The number of aryl methyl sites for hydroxylation is 2. The summed E-state index contributed by atoms with van der Waals surface area (Å²) < 4.78 is 31.6. The van der Waals surface area contributed by atoms with Gasteiger partial charge in [0.05, 0.1) is 4.90 Å². The Labute approximate surface area is 135 Å². The molecule has 0 aliphatic carbocycles. The van der Waals surface area contributed by atoms with Gasteiger partial charge in [-0.25, -0.2) is 13.1 Å². The highest BCUT2D eigenvalue weighted by Crippen LogP contribution is 2.23. The number of carbonyl (C=O) groups is 1. The van der Waals surface area contributed by atoms with E-state index in [9.17, 15) is 13.2 Å². The van der Waals surface area contributed by atoms with E-state index < -0.39 is 10.0 Å². The lowest BCUT2D eigenvalue weighted by Gasteiger charge is -2.12. The highest BCUT2D eigenvalue weighted by molar-refractivity contribution is 7.89. The van der Waals surface area contributed by atoms with Gasteiger partial charge in [0.25, 0.3) is 0 Å². The summed E-state index contributed by atoms with van der Waals surface area (Å²) in [5.41, 5.74) is 0.992. The van der Waals surface area contributed by atoms with Crippen molar-refractivity contribution in [1.82, 2.24) is 4.72 Å². The van der Waals surface area contributed by atoms with Crippen LogP contribution in [0.5, 0.6) is 0 Å². The molecule has 0 bridgehead atoms. The van der Waals surface area contributed by atoms with Gasteiger partial charge in [-0.15, -0.1) is 0 Å². The van der Waals surface area contributed by atoms with Gasteiger partial charge in [0.15, 0.2) is 0 Å². The van der Waals surface area contributed by atoms with Crippen LogP contribution in [0, 0.1) is 13.8 Å². The van der Waals surface area contributed by atoms with Crippen LogP contribution in [0.25, 0.3) is 0 Å². The van der Waals surface area contributed by atoms with Crippen molar-refractivity contribution in [3.05, 3.63) is 47.4 Å². The second-order valence-electron chi connectivity index (χ2n) is 5.20. The molecule has 0 atom stereocenters. The summed E-state index contributed by atoms with van der Waals surface area (Å²) in [7, 11) is -2.20. The van der Waals surface area contributed by atoms with Crippen molar-refractivity contribution >= 4 is 21.6 Å². The Morgan fingerprint density at radius 2 is 1.91 bits per heavy atom. The average molecular weight is 336 g/mol. The third kappa shape index (κ3) is 4.20. The summed E-state index contributed by atoms with van der Waals surface area (Å²) in [4.78, 5) is 12.2. The van der Waals surface area contributed by atoms with Gasteiger partial charge in [-0.2, -0.15) is 0 Å². The van der Waals surface area contributed by atoms with Crippen LogP contribution in [-0.2, 0) is 21.2 Å². The second kappa shape index (κ2) is 6.97.